The Hall–Kier alpha value is -2.46. The zero-order valence-corrected chi connectivity index (χ0v) is 17.8. The summed E-state index contributed by atoms with van der Waals surface area (Å²) in [5.74, 6) is 0.103. The number of hydrogen-bond acceptors (Lipinski definition) is 3. The molecule has 2 aromatic rings. The molecule has 29 heavy (non-hydrogen) atoms. The van der Waals surface area contributed by atoms with E-state index in [0.717, 1.165) is 29.8 Å². The van der Waals surface area contributed by atoms with Crippen molar-refractivity contribution in [1.82, 2.24) is 9.91 Å². The number of benzene rings is 2. The fourth-order valence-electron chi connectivity index (χ4n) is 4.35. The van der Waals surface area contributed by atoms with Crippen LogP contribution >= 0.6 is 0 Å². The van der Waals surface area contributed by atoms with Crippen molar-refractivity contribution in [2.24, 2.45) is 5.10 Å². The van der Waals surface area contributed by atoms with Gasteiger partial charge < -0.3 is 0 Å². The van der Waals surface area contributed by atoms with Crippen molar-refractivity contribution in [2.75, 3.05) is 13.1 Å². The molecule has 0 aromatic heterocycles. The molecule has 4 nitrogen and oxygen atoms in total. The Bertz CT molecular complexity index is 885. The molecular weight excluding hydrogens is 358 g/mol. The van der Waals surface area contributed by atoms with Crippen molar-refractivity contribution in [3.63, 3.8) is 0 Å². The Morgan fingerprint density at radius 2 is 1.66 bits per heavy atom. The monoisotopic (exact) mass is 389 g/mol. The van der Waals surface area contributed by atoms with E-state index in [2.05, 4.69) is 74.2 Å². The Kier molecular flexibility index (Phi) is 5.81. The number of amides is 1. The summed E-state index contributed by atoms with van der Waals surface area (Å²) < 4.78 is 0. The van der Waals surface area contributed by atoms with Crippen molar-refractivity contribution >= 4 is 11.6 Å². The van der Waals surface area contributed by atoms with E-state index in [1.165, 1.54) is 30.4 Å². The minimum absolute atomic E-state index is 0.0282. The van der Waals surface area contributed by atoms with Crippen LogP contribution < -0.4 is 0 Å². The first kappa shape index (κ1) is 19.8. The molecule has 0 unspecified atom stereocenters. The number of rotatable bonds is 4. The fraction of sp³-hybridized carbons (Fsp3) is 0.440. The molecule has 2 aliphatic heterocycles. The molecule has 1 fully saturated rings. The van der Waals surface area contributed by atoms with Gasteiger partial charge in [0.2, 0.25) is 0 Å². The molecule has 2 aromatic carbocycles. The van der Waals surface area contributed by atoms with Gasteiger partial charge in [-0.05, 0) is 51.3 Å². The highest BCUT2D eigenvalue weighted by Crippen LogP contribution is 2.33. The van der Waals surface area contributed by atoms with Gasteiger partial charge in [-0.3, -0.25) is 9.69 Å². The van der Waals surface area contributed by atoms with E-state index in [1.54, 1.807) is 5.01 Å². The highest BCUT2D eigenvalue weighted by molar-refractivity contribution is 6.03. The van der Waals surface area contributed by atoms with Crippen LogP contribution in [0, 0.1) is 13.8 Å². The number of hydrogen-bond donors (Lipinski definition) is 0. The second-order valence-corrected chi connectivity index (χ2v) is 8.60. The maximum absolute atomic E-state index is 13.3. The SMILES string of the molecule is Cc1ccc(C2=NN(C(=O)CN3CCCC[C@@H]3C)[C@@H](c3ccc(C)cc3)C2)cc1. The lowest BCUT2D eigenvalue weighted by molar-refractivity contribution is -0.135. The van der Waals surface area contributed by atoms with Crippen molar-refractivity contribution in [2.45, 2.75) is 58.5 Å². The molecule has 2 aliphatic rings. The second kappa shape index (κ2) is 8.50. The smallest absolute Gasteiger partial charge is 0.257 e. The summed E-state index contributed by atoms with van der Waals surface area (Å²) in [5, 5.41) is 6.58. The lowest BCUT2D eigenvalue weighted by Crippen LogP contribution is -2.44. The molecule has 0 spiro atoms. The molecule has 152 valence electrons. The van der Waals surface area contributed by atoms with Crippen LogP contribution in [0.5, 0.6) is 0 Å². The van der Waals surface area contributed by atoms with Gasteiger partial charge in [-0.2, -0.15) is 5.10 Å². The molecule has 0 N–H and O–H groups in total. The van der Waals surface area contributed by atoms with E-state index in [4.69, 9.17) is 5.10 Å². The summed E-state index contributed by atoms with van der Waals surface area (Å²) in [6.45, 7) is 7.87. The van der Waals surface area contributed by atoms with Gasteiger partial charge in [0, 0.05) is 12.5 Å². The van der Waals surface area contributed by atoms with Crippen molar-refractivity contribution in [1.29, 1.82) is 0 Å². The van der Waals surface area contributed by atoms with Crippen LogP contribution in [0.2, 0.25) is 0 Å². The first-order chi connectivity index (χ1) is 14.0. The molecule has 2 atom stereocenters. The molecule has 4 heteroatoms. The third kappa shape index (κ3) is 4.43. The van der Waals surface area contributed by atoms with E-state index in [9.17, 15) is 4.79 Å². The van der Waals surface area contributed by atoms with Crippen molar-refractivity contribution in [3.05, 3.63) is 70.8 Å². The first-order valence-corrected chi connectivity index (χ1v) is 10.8. The van der Waals surface area contributed by atoms with E-state index >= 15 is 0 Å². The number of carbonyl (C=O) groups is 1. The van der Waals surface area contributed by atoms with Crippen molar-refractivity contribution < 1.29 is 4.79 Å². The summed E-state index contributed by atoms with van der Waals surface area (Å²) in [6.07, 6.45) is 4.37. The van der Waals surface area contributed by atoms with Crippen LogP contribution in [-0.4, -0.2) is 40.7 Å². The molecular formula is C25H31N3O. The Morgan fingerprint density at radius 1 is 1.00 bits per heavy atom. The summed E-state index contributed by atoms with van der Waals surface area (Å²) >= 11 is 0. The number of piperidine rings is 1. The quantitative estimate of drug-likeness (QED) is 0.749. The number of likely N-dealkylation sites (tertiary alicyclic amines) is 1. The van der Waals surface area contributed by atoms with Gasteiger partial charge in [0.1, 0.15) is 0 Å². The van der Waals surface area contributed by atoms with E-state index in [-0.39, 0.29) is 11.9 Å². The number of nitrogens with zero attached hydrogens (tertiary/aromatic N) is 3. The predicted octanol–water partition coefficient (Wildman–Crippen LogP) is 4.86. The van der Waals surface area contributed by atoms with Crippen LogP contribution in [0.25, 0.3) is 0 Å². The number of carbonyl (C=O) groups excluding carboxylic acids is 1. The third-order valence-corrected chi connectivity index (χ3v) is 6.29. The zero-order chi connectivity index (χ0) is 20.4. The van der Waals surface area contributed by atoms with Gasteiger partial charge in [0.15, 0.2) is 0 Å². The number of aryl methyl sites for hydroxylation is 2. The minimum atomic E-state index is -0.0282. The standard InChI is InChI=1S/C25H31N3O/c1-18-7-11-21(12-8-18)23-16-24(22-13-9-19(2)10-14-22)28(26-23)25(29)17-27-15-5-4-6-20(27)3/h7-14,20,24H,4-6,15-17H2,1-3H3/t20-,24+/m0/s1. The normalized spacial score (nSPS) is 22.6. The summed E-state index contributed by atoms with van der Waals surface area (Å²) in [6, 6.07) is 17.4. The lowest BCUT2D eigenvalue weighted by atomic mass is 9.97. The average molecular weight is 390 g/mol. The maximum Gasteiger partial charge on any atom is 0.257 e. The van der Waals surface area contributed by atoms with Crippen LogP contribution in [0.3, 0.4) is 0 Å². The first-order valence-electron chi connectivity index (χ1n) is 10.8. The predicted molar refractivity (Wildman–Crippen MR) is 118 cm³/mol. The maximum atomic E-state index is 13.3. The fourth-order valence-corrected chi connectivity index (χ4v) is 4.35. The van der Waals surface area contributed by atoms with Gasteiger partial charge in [-0.1, -0.05) is 66.1 Å². The lowest BCUT2D eigenvalue weighted by Gasteiger charge is -2.34. The molecule has 0 radical (unpaired) electrons. The van der Waals surface area contributed by atoms with Crippen LogP contribution in [0.1, 0.15) is 60.9 Å². The van der Waals surface area contributed by atoms with E-state index in [1.807, 2.05) is 0 Å². The molecule has 4 rings (SSSR count). The van der Waals surface area contributed by atoms with Gasteiger partial charge >= 0.3 is 0 Å². The zero-order valence-electron chi connectivity index (χ0n) is 17.8. The minimum Gasteiger partial charge on any atom is -0.292 e. The third-order valence-electron chi connectivity index (χ3n) is 6.29. The summed E-state index contributed by atoms with van der Waals surface area (Å²) in [4.78, 5) is 15.6. The van der Waals surface area contributed by atoms with Gasteiger partial charge in [-0.25, -0.2) is 5.01 Å². The average Bonchev–Trinajstić information content (AvgIpc) is 3.16. The van der Waals surface area contributed by atoms with Gasteiger partial charge in [0.25, 0.3) is 5.91 Å². The highest BCUT2D eigenvalue weighted by Gasteiger charge is 2.34. The Labute approximate surface area is 174 Å². The summed E-state index contributed by atoms with van der Waals surface area (Å²) in [7, 11) is 0. The molecule has 0 bridgehead atoms. The number of hydrazone groups is 1. The molecule has 2 heterocycles. The molecule has 0 saturated carbocycles. The Morgan fingerprint density at radius 3 is 2.31 bits per heavy atom. The Balaban J connectivity index is 1.60. The largest absolute Gasteiger partial charge is 0.292 e. The molecule has 0 aliphatic carbocycles. The second-order valence-electron chi connectivity index (χ2n) is 8.60. The topological polar surface area (TPSA) is 35.9 Å². The van der Waals surface area contributed by atoms with Gasteiger partial charge in [0.05, 0.1) is 18.3 Å². The van der Waals surface area contributed by atoms with Crippen LogP contribution in [0.15, 0.2) is 53.6 Å². The van der Waals surface area contributed by atoms with Gasteiger partial charge in [-0.15, -0.1) is 0 Å². The van der Waals surface area contributed by atoms with E-state index in [0.29, 0.717) is 12.6 Å². The van der Waals surface area contributed by atoms with Crippen molar-refractivity contribution in [3.8, 4) is 0 Å². The van der Waals surface area contributed by atoms with Crippen LogP contribution in [0.4, 0.5) is 0 Å². The molecule has 1 saturated heterocycles. The van der Waals surface area contributed by atoms with E-state index < -0.39 is 0 Å². The summed E-state index contributed by atoms with van der Waals surface area (Å²) in [5.41, 5.74) is 5.72. The molecule has 1 amide bonds. The highest BCUT2D eigenvalue weighted by atomic mass is 16.2. The van der Waals surface area contributed by atoms with Crippen LogP contribution in [-0.2, 0) is 4.79 Å².